The van der Waals surface area contributed by atoms with Gasteiger partial charge in [0.15, 0.2) is 0 Å². The van der Waals surface area contributed by atoms with E-state index in [-0.39, 0.29) is 5.92 Å². The highest BCUT2D eigenvalue weighted by atomic mass is 16.5. The van der Waals surface area contributed by atoms with Crippen LogP contribution in [0, 0.1) is 0 Å². The predicted molar refractivity (Wildman–Crippen MR) is 169 cm³/mol. The maximum atomic E-state index is 14.0. The number of carbonyl (C=O) groups is 2. The molecule has 0 fully saturated rings. The molecule has 0 radical (unpaired) electrons. The van der Waals surface area contributed by atoms with Crippen molar-refractivity contribution in [3.63, 3.8) is 0 Å². The number of fused-ring (bicyclic) bond motifs is 8. The summed E-state index contributed by atoms with van der Waals surface area (Å²) in [5.41, 5.74) is 8.78. The molecule has 42 heavy (non-hydrogen) atoms. The molecule has 3 aromatic carbocycles. The van der Waals surface area contributed by atoms with Crippen molar-refractivity contribution in [2.24, 2.45) is 0 Å². The molecule has 6 rings (SSSR count). The van der Waals surface area contributed by atoms with Crippen LogP contribution in [-0.4, -0.2) is 44.1 Å². The number of ether oxygens (including phenoxy) is 2. The second kappa shape index (κ2) is 11.0. The van der Waals surface area contributed by atoms with Crippen LogP contribution in [0.3, 0.4) is 0 Å². The summed E-state index contributed by atoms with van der Waals surface area (Å²) in [4.78, 5) is 30.4. The van der Waals surface area contributed by atoms with Crippen LogP contribution < -0.4 is 10.4 Å². The molecule has 5 nitrogen and oxygen atoms in total. The Hall–Kier alpha value is -4.64. The summed E-state index contributed by atoms with van der Waals surface area (Å²) in [6.45, 7) is 8.11. The number of hydrogen-bond acceptors (Lipinski definition) is 5. The molecule has 0 saturated heterocycles. The standard InChI is InChI=1S/C37H35NO4/c1-6-23-14-9-12-22-13-10-15-24(20-22)31-30(23)35(37(40)42-5)33-27-17-11-16-26-28(27)21-25(32(33)34(31)36(39)41-4)18-19-29(26)38(7-2)8-3/h9-21,25H,6-8H2,1-5H3/b12-9?,23-14+. The highest BCUT2D eigenvalue weighted by molar-refractivity contribution is 6.14. The van der Waals surface area contributed by atoms with E-state index in [0.717, 1.165) is 68.2 Å². The van der Waals surface area contributed by atoms with E-state index in [2.05, 4.69) is 62.1 Å². The third kappa shape index (κ3) is 4.14. The van der Waals surface area contributed by atoms with Gasteiger partial charge in [-0.15, -0.1) is 0 Å². The molecule has 4 bridgehead atoms. The van der Waals surface area contributed by atoms with Gasteiger partial charge < -0.3 is 14.4 Å². The van der Waals surface area contributed by atoms with Crippen LogP contribution in [0.5, 0.6) is 0 Å². The average Bonchev–Trinajstić information content (AvgIpc) is 3.18. The van der Waals surface area contributed by atoms with E-state index in [0.29, 0.717) is 23.1 Å². The third-order valence-electron chi connectivity index (χ3n) is 8.68. The molecule has 212 valence electrons. The number of likely N-dealkylation sites (N-methyl/N-ethyl adjacent to an activating group) is 1. The Morgan fingerprint density at radius 2 is 1.60 bits per heavy atom. The summed E-state index contributed by atoms with van der Waals surface area (Å²) in [5.74, 6) is -1.11. The van der Waals surface area contributed by atoms with Gasteiger partial charge in [-0.1, -0.05) is 73.7 Å². The molecule has 0 heterocycles. The van der Waals surface area contributed by atoms with Crippen LogP contribution in [0.2, 0.25) is 0 Å². The number of nitrogens with zero attached hydrogens (tertiary/aromatic N) is 1. The van der Waals surface area contributed by atoms with Gasteiger partial charge in [0.2, 0.25) is 0 Å². The Kier molecular flexibility index (Phi) is 7.19. The fraction of sp³-hybridized carbons (Fsp3) is 0.243. The summed E-state index contributed by atoms with van der Waals surface area (Å²) < 4.78 is 11.0. The van der Waals surface area contributed by atoms with E-state index in [1.807, 2.05) is 42.5 Å². The van der Waals surface area contributed by atoms with Crippen molar-refractivity contribution in [1.29, 1.82) is 0 Å². The van der Waals surface area contributed by atoms with E-state index < -0.39 is 11.9 Å². The summed E-state index contributed by atoms with van der Waals surface area (Å²) in [5, 5.41) is 2.18. The Morgan fingerprint density at radius 3 is 2.31 bits per heavy atom. The molecule has 3 aliphatic rings. The minimum absolute atomic E-state index is 0.257. The lowest BCUT2D eigenvalue weighted by molar-refractivity contribution is 0.0586. The maximum Gasteiger partial charge on any atom is 0.339 e. The van der Waals surface area contributed by atoms with Crippen LogP contribution in [0.25, 0.3) is 45.7 Å². The first-order valence-corrected chi connectivity index (χ1v) is 14.6. The lowest BCUT2D eigenvalue weighted by atomic mass is 9.72. The SMILES string of the molecule is CC/C1=C\C=Cc2cccc(c2)-c2c(C(=O)OC)c3c(c(C(=O)OC)c21)-c1cccc2c1=CC3C=CC=2N(CC)CC. The molecule has 1 unspecified atom stereocenters. The lowest BCUT2D eigenvalue weighted by Gasteiger charge is -2.30. The minimum Gasteiger partial charge on any atom is -0.465 e. The number of carbonyl (C=O) groups excluding carboxylic acids is 2. The smallest absolute Gasteiger partial charge is 0.339 e. The summed E-state index contributed by atoms with van der Waals surface area (Å²) in [7, 11) is 2.85. The molecule has 3 aliphatic carbocycles. The minimum atomic E-state index is -0.425. The average molecular weight is 558 g/mol. The quantitative estimate of drug-likeness (QED) is 0.333. The molecule has 0 aromatic heterocycles. The van der Waals surface area contributed by atoms with Crippen molar-refractivity contribution in [2.75, 3.05) is 27.3 Å². The second-order valence-electron chi connectivity index (χ2n) is 10.7. The van der Waals surface area contributed by atoms with Gasteiger partial charge in [-0.05, 0) is 65.5 Å². The highest BCUT2D eigenvalue weighted by Crippen LogP contribution is 2.49. The number of allylic oxidation sites excluding steroid dienone is 4. The van der Waals surface area contributed by atoms with Crippen LogP contribution in [-0.2, 0) is 9.47 Å². The van der Waals surface area contributed by atoms with E-state index in [1.54, 1.807) is 0 Å². The monoisotopic (exact) mass is 557 g/mol. The normalized spacial score (nSPS) is 16.8. The van der Waals surface area contributed by atoms with E-state index in [9.17, 15) is 9.59 Å². The fourth-order valence-electron chi connectivity index (χ4n) is 6.79. The van der Waals surface area contributed by atoms with Crippen LogP contribution in [0.1, 0.15) is 70.5 Å². The molecular weight excluding hydrogens is 522 g/mol. The molecule has 1 atom stereocenters. The number of rotatable bonds is 6. The largest absolute Gasteiger partial charge is 0.465 e. The van der Waals surface area contributed by atoms with E-state index >= 15 is 0 Å². The highest BCUT2D eigenvalue weighted by Gasteiger charge is 2.37. The maximum absolute atomic E-state index is 14.0. The van der Waals surface area contributed by atoms with Gasteiger partial charge in [-0.2, -0.15) is 0 Å². The van der Waals surface area contributed by atoms with Gasteiger partial charge in [-0.3, -0.25) is 0 Å². The van der Waals surface area contributed by atoms with Gasteiger partial charge in [0.25, 0.3) is 0 Å². The molecule has 0 aliphatic heterocycles. The van der Waals surface area contributed by atoms with Gasteiger partial charge >= 0.3 is 11.9 Å². The van der Waals surface area contributed by atoms with Crippen molar-refractivity contribution < 1.29 is 19.1 Å². The topological polar surface area (TPSA) is 55.8 Å². The number of methoxy groups -OCH3 is 2. The molecule has 0 amide bonds. The first-order chi connectivity index (χ1) is 20.5. The third-order valence-corrected chi connectivity index (χ3v) is 8.68. The number of esters is 2. The van der Waals surface area contributed by atoms with Gasteiger partial charge in [0.1, 0.15) is 0 Å². The first-order valence-electron chi connectivity index (χ1n) is 14.6. The summed E-state index contributed by atoms with van der Waals surface area (Å²) in [6, 6.07) is 14.3. The molecule has 0 spiro atoms. The van der Waals surface area contributed by atoms with Crippen molar-refractivity contribution >= 4 is 35.4 Å². The van der Waals surface area contributed by atoms with Crippen LogP contribution in [0.15, 0.2) is 66.8 Å². The van der Waals surface area contributed by atoms with Crippen molar-refractivity contribution in [3.8, 4) is 22.3 Å². The zero-order valence-corrected chi connectivity index (χ0v) is 24.8. The Balaban J connectivity index is 1.88. The zero-order valence-electron chi connectivity index (χ0n) is 24.8. The van der Waals surface area contributed by atoms with Crippen molar-refractivity contribution in [2.45, 2.75) is 33.1 Å². The molecule has 3 aromatic rings. The van der Waals surface area contributed by atoms with Crippen molar-refractivity contribution in [1.82, 2.24) is 4.90 Å². The van der Waals surface area contributed by atoms with Gasteiger partial charge in [0.05, 0.1) is 25.3 Å². The van der Waals surface area contributed by atoms with Gasteiger partial charge in [0, 0.05) is 46.6 Å². The zero-order chi connectivity index (χ0) is 29.5. The Morgan fingerprint density at radius 1 is 0.857 bits per heavy atom. The summed E-state index contributed by atoms with van der Waals surface area (Å²) >= 11 is 0. The molecule has 0 saturated carbocycles. The second-order valence-corrected chi connectivity index (χ2v) is 10.7. The lowest BCUT2D eigenvalue weighted by Crippen LogP contribution is -2.36. The predicted octanol–water partition coefficient (Wildman–Crippen LogP) is 6.31. The van der Waals surface area contributed by atoms with E-state index in [4.69, 9.17) is 9.47 Å². The Labute approximate surface area is 246 Å². The summed E-state index contributed by atoms with van der Waals surface area (Å²) in [6.07, 6.45) is 13.3. The Bertz CT molecular complexity index is 1850. The van der Waals surface area contributed by atoms with Crippen LogP contribution >= 0.6 is 0 Å². The number of benzene rings is 3. The molecule has 5 heteroatoms. The number of hydrogen-bond donors (Lipinski definition) is 0. The fourth-order valence-corrected chi connectivity index (χ4v) is 6.79. The van der Waals surface area contributed by atoms with Crippen molar-refractivity contribution in [3.05, 3.63) is 105 Å². The van der Waals surface area contributed by atoms with Crippen LogP contribution in [0.4, 0.5) is 0 Å². The first kappa shape index (κ1) is 27.5. The molecular formula is C37H35NO4. The van der Waals surface area contributed by atoms with Gasteiger partial charge in [-0.25, -0.2) is 9.59 Å². The van der Waals surface area contributed by atoms with E-state index in [1.165, 1.54) is 14.2 Å². The molecule has 0 N–H and O–H groups in total.